The Morgan fingerprint density at radius 2 is 1.96 bits per heavy atom. The molecular weight excluding hydrogens is 284 g/mol. The lowest BCUT2D eigenvalue weighted by atomic mass is 9.47. The molecule has 5 rings (SSSR count). The van der Waals surface area contributed by atoms with Gasteiger partial charge in [0, 0.05) is 11.3 Å². The van der Waals surface area contributed by atoms with Gasteiger partial charge in [-0.25, -0.2) is 0 Å². The summed E-state index contributed by atoms with van der Waals surface area (Å²) in [5.41, 5.74) is 2.80. The molecule has 8 atom stereocenters. The number of allylic oxidation sites excluding steroid dienone is 4. The fraction of sp³-hybridized carbons (Fsp3) is 0.762. The minimum atomic E-state index is -0.316. The highest BCUT2D eigenvalue weighted by atomic mass is 16.3. The summed E-state index contributed by atoms with van der Waals surface area (Å²) in [6.45, 7) is 6.77. The molecule has 23 heavy (non-hydrogen) atoms. The summed E-state index contributed by atoms with van der Waals surface area (Å²) in [5.74, 6) is 2.82. The van der Waals surface area contributed by atoms with Gasteiger partial charge < -0.3 is 5.11 Å². The zero-order valence-corrected chi connectivity index (χ0v) is 14.5. The predicted molar refractivity (Wildman–Crippen MR) is 89.6 cm³/mol. The number of carbonyl (C=O) groups excluding carboxylic acids is 1. The number of carbonyl (C=O) groups is 1. The molecule has 0 saturated heterocycles. The molecule has 2 heteroatoms. The normalized spacial score (nSPS) is 56.8. The lowest BCUT2D eigenvalue weighted by molar-refractivity contribution is -0.148. The fourth-order valence-corrected chi connectivity index (χ4v) is 7.28. The molecule has 1 N–H and O–H groups in total. The van der Waals surface area contributed by atoms with E-state index in [4.69, 9.17) is 0 Å². The van der Waals surface area contributed by atoms with Crippen molar-refractivity contribution in [1.82, 2.24) is 0 Å². The van der Waals surface area contributed by atoms with E-state index >= 15 is 0 Å². The molecule has 0 aromatic rings. The minimum absolute atomic E-state index is 0.110. The second kappa shape index (κ2) is 4.20. The van der Waals surface area contributed by atoms with Crippen molar-refractivity contribution in [2.45, 2.75) is 59.0 Å². The van der Waals surface area contributed by atoms with Crippen LogP contribution >= 0.6 is 0 Å². The number of aliphatic hydroxyl groups excluding tert-OH is 1. The maximum atomic E-state index is 12.8. The van der Waals surface area contributed by atoms with Crippen LogP contribution in [0, 0.1) is 40.4 Å². The maximum absolute atomic E-state index is 12.8. The molecule has 0 radical (unpaired) electrons. The highest BCUT2D eigenvalue weighted by Gasteiger charge is 2.71. The Balaban J connectivity index is 1.61. The van der Waals surface area contributed by atoms with Crippen LogP contribution in [0.15, 0.2) is 23.3 Å². The predicted octanol–water partition coefficient (Wildman–Crippen LogP) is 3.90. The van der Waals surface area contributed by atoms with Gasteiger partial charge in [-0.1, -0.05) is 31.6 Å². The van der Waals surface area contributed by atoms with Crippen molar-refractivity contribution in [3.63, 3.8) is 0 Å². The molecule has 124 valence electrons. The van der Waals surface area contributed by atoms with Crippen LogP contribution in [0.1, 0.15) is 52.9 Å². The van der Waals surface area contributed by atoms with Crippen LogP contribution < -0.4 is 0 Å². The summed E-state index contributed by atoms with van der Waals surface area (Å²) in [7, 11) is 0. The van der Waals surface area contributed by atoms with Crippen LogP contribution in [0.25, 0.3) is 0 Å². The Morgan fingerprint density at radius 3 is 2.74 bits per heavy atom. The third-order valence-electron chi connectivity index (χ3n) is 8.35. The molecule has 0 amide bonds. The third-order valence-corrected chi connectivity index (χ3v) is 8.35. The summed E-state index contributed by atoms with van der Waals surface area (Å²) < 4.78 is 0. The number of Topliss-reactive ketones (excluding diaryl/α,β-unsaturated/α-hetero) is 1. The summed E-state index contributed by atoms with van der Waals surface area (Å²) >= 11 is 0. The van der Waals surface area contributed by atoms with Crippen molar-refractivity contribution in [3.8, 4) is 0 Å². The molecule has 5 aliphatic rings. The smallest absolute Gasteiger partial charge is 0.142 e. The number of ketones is 1. The van der Waals surface area contributed by atoms with E-state index < -0.39 is 0 Å². The van der Waals surface area contributed by atoms with Crippen molar-refractivity contribution in [1.29, 1.82) is 0 Å². The molecule has 0 aromatic carbocycles. The van der Waals surface area contributed by atoms with E-state index in [1.807, 2.05) is 0 Å². The second-order valence-corrected chi connectivity index (χ2v) is 9.58. The molecular formula is C21H28O2. The van der Waals surface area contributed by atoms with Crippen LogP contribution in [0.3, 0.4) is 0 Å². The van der Waals surface area contributed by atoms with Gasteiger partial charge in [-0.15, -0.1) is 0 Å². The summed E-state index contributed by atoms with van der Waals surface area (Å²) in [5, 5.41) is 11.1. The summed E-state index contributed by atoms with van der Waals surface area (Å²) in [4.78, 5) is 12.8. The first-order chi connectivity index (χ1) is 10.9. The minimum Gasteiger partial charge on any atom is -0.393 e. The SMILES string of the molecule is CC1=CC2=CCC3C(C(O)C[C@]4(C)C(=O)[C@H]5C[C@H]5C34)[C@@]2(C)CC1. The van der Waals surface area contributed by atoms with Gasteiger partial charge in [0.1, 0.15) is 5.78 Å². The highest BCUT2D eigenvalue weighted by Crippen LogP contribution is 2.71. The van der Waals surface area contributed by atoms with Crippen molar-refractivity contribution < 1.29 is 9.90 Å². The van der Waals surface area contributed by atoms with E-state index in [2.05, 4.69) is 32.9 Å². The van der Waals surface area contributed by atoms with E-state index in [1.165, 1.54) is 11.1 Å². The Kier molecular flexibility index (Phi) is 2.64. The molecule has 0 heterocycles. The lowest BCUT2D eigenvalue weighted by Gasteiger charge is -2.58. The van der Waals surface area contributed by atoms with Gasteiger partial charge in [0.2, 0.25) is 0 Å². The first-order valence-corrected chi connectivity index (χ1v) is 9.46. The average Bonchev–Trinajstić information content (AvgIpc) is 3.22. The second-order valence-electron chi connectivity index (χ2n) is 9.58. The molecule has 5 aliphatic carbocycles. The summed E-state index contributed by atoms with van der Waals surface area (Å²) in [6, 6.07) is 0. The monoisotopic (exact) mass is 312 g/mol. The fourth-order valence-electron chi connectivity index (χ4n) is 7.28. The van der Waals surface area contributed by atoms with Gasteiger partial charge in [0.15, 0.2) is 0 Å². The molecule has 2 nitrogen and oxygen atoms in total. The van der Waals surface area contributed by atoms with Crippen LogP contribution in [0.5, 0.6) is 0 Å². The Hall–Kier alpha value is -0.890. The Bertz CT molecular complexity index is 659. The molecule has 0 aromatic heterocycles. The largest absolute Gasteiger partial charge is 0.393 e. The van der Waals surface area contributed by atoms with E-state index in [-0.39, 0.29) is 16.9 Å². The maximum Gasteiger partial charge on any atom is 0.142 e. The average molecular weight is 312 g/mol. The zero-order chi connectivity index (χ0) is 16.1. The molecule has 3 saturated carbocycles. The van der Waals surface area contributed by atoms with Gasteiger partial charge in [0.25, 0.3) is 0 Å². The van der Waals surface area contributed by atoms with Crippen LogP contribution in [-0.4, -0.2) is 17.0 Å². The number of hydrogen-bond donors (Lipinski definition) is 1. The van der Waals surface area contributed by atoms with Crippen LogP contribution in [0.4, 0.5) is 0 Å². The lowest BCUT2D eigenvalue weighted by Crippen LogP contribution is -2.56. The van der Waals surface area contributed by atoms with Crippen LogP contribution in [0.2, 0.25) is 0 Å². The van der Waals surface area contributed by atoms with Crippen molar-refractivity contribution >= 4 is 5.78 Å². The summed E-state index contributed by atoms with van der Waals surface area (Å²) in [6.07, 6.45) is 9.71. The number of rotatable bonds is 0. The quantitative estimate of drug-likeness (QED) is 0.736. The van der Waals surface area contributed by atoms with Gasteiger partial charge >= 0.3 is 0 Å². The number of hydrogen-bond acceptors (Lipinski definition) is 2. The third kappa shape index (κ3) is 1.61. The van der Waals surface area contributed by atoms with Crippen LogP contribution in [-0.2, 0) is 4.79 Å². The van der Waals surface area contributed by atoms with Crippen molar-refractivity contribution in [2.75, 3.05) is 0 Å². The first-order valence-electron chi connectivity index (χ1n) is 9.46. The first kappa shape index (κ1) is 14.5. The zero-order valence-electron chi connectivity index (χ0n) is 14.5. The van der Waals surface area contributed by atoms with Gasteiger partial charge in [-0.3, -0.25) is 4.79 Å². The molecule has 3 fully saturated rings. The highest BCUT2D eigenvalue weighted by molar-refractivity contribution is 5.93. The van der Waals surface area contributed by atoms with Gasteiger partial charge in [-0.2, -0.15) is 0 Å². The van der Waals surface area contributed by atoms with E-state index in [1.54, 1.807) is 0 Å². The van der Waals surface area contributed by atoms with Gasteiger partial charge in [-0.05, 0) is 73.7 Å². The van der Waals surface area contributed by atoms with Crippen molar-refractivity contribution in [3.05, 3.63) is 23.3 Å². The Labute approximate surface area is 139 Å². The number of fused-ring (bicyclic) bond motifs is 7. The molecule has 4 unspecified atom stereocenters. The molecule has 0 spiro atoms. The standard InChI is InChI=1S/C21H28O2/c1-11-6-7-20(2)12(8-11)4-5-13-17-14-9-15(14)19(23)21(17,3)10-16(22)18(13)20/h4,8,13-18,22H,5-7,9-10H2,1-3H3/t13?,14-,15+,16?,17?,18?,20+,21+/m1/s1. The Morgan fingerprint density at radius 1 is 1.17 bits per heavy atom. The van der Waals surface area contributed by atoms with E-state index in [9.17, 15) is 9.90 Å². The molecule has 0 aliphatic heterocycles. The van der Waals surface area contributed by atoms with E-state index in [0.29, 0.717) is 41.8 Å². The van der Waals surface area contributed by atoms with Crippen molar-refractivity contribution in [2.24, 2.45) is 40.4 Å². The molecule has 0 bridgehead atoms. The van der Waals surface area contributed by atoms with E-state index in [0.717, 1.165) is 25.7 Å². The topological polar surface area (TPSA) is 37.3 Å². The number of aliphatic hydroxyl groups is 1. The van der Waals surface area contributed by atoms with Gasteiger partial charge in [0.05, 0.1) is 6.10 Å².